The molecule has 17 heavy (non-hydrogen) atoms. The minimum Gasteiger partial charge on any atom is -0.355 e. The summed E-state index contributed by atoms with van der Waals surface area (Å²) < 4.78 is 0. The molecule has 0 aliphatic carbocycles. The molecule has 0 saturated heterocycles. The lowest BCUT2D eigenvalue weighted by molar-refractivity contribution is -0.120. The predicted molar refractivity (Wildman–Crippen MR) is 73.5 cm³/mol. The van der Waals surface area contributed by atoms with Crippen molar-refractivity contribution in [2.75, 3.05) is 13.1 Å². The van der Waals surface area contributed by atoms with Crippen molar-refractivity contribution in [3.05, 3.63) is 35.4 Å². The molecule has 1 aromatic carbocycles. The highest BCUT2D eigenvalue weighted by Crippen LogP contribution is 2.14. The second-order valence-corrected chi connectivity index (χ2v) is 4.15. The van der Waals surface area contributed by atoms with E-state index in [1.54, 1.807) is 0 Å². The van der Waals surface area contributed by atoms with Gasteiger partial charge in [0.2, 0.25) is 5.91 Å². The Kier molecular flexibility index (Phi) is 7.59. The van der Waals surface area contributed by atoms with Crippen molar-refractivity contribution < 1.29 is 4.79 Å². The zero-order chi connectivity index (χ0) is 12.0. The van der Waals surface area contributed by atoms with Gasteiger partial charge in [0, 0.05) is 19.5 Å². The Morgan fingerprint density at radius 3 is 2.47 bits per heavy atom. The van der Waals surface area contributed by atoms with Crippen LogP contribution in [0.25, 0.3) is 0 Å². The van der Waals surface area contributed by atoms with Crippen LogP contribution in [0.15, 0.2) is 24.3 Å². The fourth-order valence-corrected chi connectivity index (χ4v) is 1.50. The van der Waals surface area contributed by atoms with Crippen molar-refractivity contribution >= 4 is 18.3 Å². The lowest BCUT2D eigenvalue weighted by Gasteiger charge is -2.13. The van der Waals surface area contributed by atoms with E-state index in [9.17, 15) is 4.79 Å². The average Bonchev–Trinajstić information content (AvgIpc) is 2.27. The third-order valence-electron chi connectivity index (χ3n) is 2.62. The summed E-state index contributed by atoms with van der Waals surface area (Å²) in [5.74, 6) is 0.365. The maximum Gasteiger partial charge on any atom is 0.221 e. The maximum absolute atomic E-state index is 11.2. The van der Waals surface area contributed by atoms with Crippen molar-refractivity contribution in [2.45, 2.75) is 26.2 Å². The molecule has 0 bridgehead atoms. The number of halogens is 1. The van der Waals surface area contributed by atoms with E-state index >= 15 is 0 Å². The third-order valence-corrected chi connectivity index (χ3v) is 2.62. The number of hydrogen-bond acceptors (Lipinski definition) is 2. The van der Waals surface area contributed by atoms with Crippen molar-refractivity contribution in [3.63, 3.8) is 0 Å². The van der Waals surface area contributed by atoms with Crippen LogP contribution in [0.5, 0.6) is 0 Å². The minimum atomic E-state index is 0. The molecule has 0 aliphatic rings. The van der Waals surface area contributed by atoms with Crippen molar-refractivity contribution in [2.24, 2.45) is 5.73 Å². The number of nitrogens with two attached hydrogens (primary N) is 1. The maximum atomic E-state index is 11.2. The summed E-state index contributed by atoms with van der Waals surface area (Å²) in [5.41, 5.74) is 7.80. The fourth-order valence-electron chi connectivity index (χ4n) is 1.50. The lowest BCUT2D eigenvalue weighted by Crippen LogP contribution is -2.29. The Morgan fingerprint density at radius 2 is 1.94 bits per heavy atom. The molecule has 0 saturated carbocycles. The molecule has 1 amide bonds. The molecule has 0 heterocycles. The van der Waals surface area contributed by atoms with Crippen LogP contribution in [-0.4, -0.2) is 19.0 Å². The fraction of sp³-hybridized carbons (Fsp3) is 0.462. The van der Waals surface area contributed by atoms with E-state index in [4.69, 9.17) is 5.73 Å². The van der Waals surface area contributed by atoms with Crippen LogP contribution in [-0.2, 0) is 4.79 Å². The zero-order valence-corrected chi connectivity index (χ0v) is 11.2. The summed E-state index contributed by atoms with van der Waals surface area (Å²) in [5, 5.41) is 2.88. The zero-order valence-electron chi connectivity index (χ0n) is 10.4. The van der Waals surface area contributed by atoms with E-state index in [0.717, 1.165) is 0 Å². The second-order valence-electron chi connectivity index (χ2n) is 4.15. The number of benzene rings is 1. The summed E-state index contributed by atoms with van der Waals surface area (Å²) in [6.45, 7) is 5.25. The number of carbonyl (C=O) groups is 1. The standard InChI is InChI=1S/C13H20N2O.ClH/c1-10-3-5-12(6-4-10)11(2)9-15-13(16)7-8-14;/h3-6,11H,7-9,14H2,1-2H3,(H,15,16);1H. The Morgan fingerprint density at radius 1 is 1.35 bits per heavy atom. The minimum absolute atomic E-state index is 0. The SMILES string of the molecule is Cc1ccc(C(C)CNC(=O)CCN)cc1.Cl. The van der Waals surface area contributed by atoms with E-state index in [1.807, 2.05) is 0 Å². The molecule has 4 heteroatoms. The summed E-state index contributed by atoms with van der Waals surface area (Å²) in [6, 6.07) is 8.39. The molecule has 0 fully saturated rings. The molecule has 0 aliphatic heterocycles. The Hall–Kier alpha value is -1.06. The Balaban J connectivity index is 0.00000256. The average molecular weight is 257 g/mol. The smallest absolute Gasteiger partial charge is 0.221 e. The highest BCUT2D eigenvalue weighted by molar-refractivity contribution is 5.85. The number of hydrogen-bond donors (Lipinski definition) is 2. The van der Waals surface area contributed by atoms with Gasteiger partial charge in [-0.05, 0) is 18.4 Å². The first-order valence-corrected chi connectivity index (χ1v) is 5.67. The highest BCUT2D eigenvalue weighted by atomic mass is 35.5. The number of rotatable bonds is 5. The molecular formula is C13H21ClN2O. The molecule has 1 rings (SSSR count). The first-order valence-electron chi connectivity index (χ1n) is 5.67. The van der Waals surface area contributed by atoms with Gasteiger partial charge in [-0.15, -0.1) is 12.4 Å². The third kappa shape index (κ3) is 5.71. The van der Waals surface area contributed by atoms with E-state index in [1.165, 1.54) is 11.1 Å². The first kappa shape index (κ1) is 15.9. The summed E-state index contributed by atoms with van der Waals surface area (Å²) >= 11 is 0. The van der Waals surface area contributed by atoms with Gasteiger partial charge in [-0.1, -0.05) is 36.8 Å². The van der Waals surface area contributed by atoms with Crippen molar-refractivity contribution in [1.82, 2.24) is 5.32 Å². The van der Waals surface area contributed by atoms with Gasteiger partial charge in [-0.25, -0.2) is 0 Å². The summed E-state index contributed by atoms with van der Waals surface area (Å²) in [6.07, 6.45) is 0.403. The second kappa shape index (κ2) is 8.09. The van der Waals surface area contributed by atoms with Crippen LogP contribution in [0.4, 0.5) is 0 Å². The quantitative estimate of drug-likeness (QED) is 0.847. The highest BCUT2D eigenvalue weighted by Gasteiger charge is 2.06. The molecule has 0 spiro atoms. The van der Waals surface area contributed by atoms with Gasteiger partial charge >= 0.3 is 0 Å². The van der Waals surface area contributed by atoms with Crippen LogP contribution in [0.2, 0.25) is 0 Å². The van der Waals surface area contributed by atoms with Gasteiger partial charge in [0.1, 0.15) is 0 Å². The van der Waals surface area contributed by atoms with Gasteiger partial charge in [0.25, 0.3) is 0 Å². The number of carbonyl (C=O) groups excluding carboxylic acids is 1. The molecule has 3 N–H and O–H groups in total. The van der Waals surface area contributed by atoms with Crippen LogP contribution >= 0.6 is 12.4 Å². The van der Waals surface area contributed by atoms with Gasteiger partial charge in [-0.2, -0.15) is 0 Å². The Bertz CT molecular complexity index is 338. The largest absolute Gasteiger partial charge is 0.355 e. The lowest BCUT2D eigenvalue weighted by atomic mass is 10.00. The normalized spacial score (nSPS) is 11.5. The topological polar surface area (TPSA) is 55.1 Å². The molecule has 1 unspecified atom stereocenters. The Labute approximate surface area is 109 Å². The first-order chi connectivity index (χ1) is 7.63. The van der Waals surface area contributed by atoms with Crippen molar-refractivity contribution in [3.8, 4) is 0 Å². The van der Waals surface area contributed by atoms with Crippen LogP contribution < -0.4 is 11.1 Å². The number of nitrogens with one attached hydrogen (secondary N) is 1. The van der Waals surface area contributed by atoms with Gasteiger partial charge in [-0.3, -0.25) is 4.79 Å². The van der Waals surface area contributed by atoms with E-state index in [2.05, 4.69) is 43.4 Å². The van der Waals surface area contributed by atoms with Gasteiger partial charge in [0.05, 0.1) is 0 Å². The molecule has 1 atom stereocenters. The summed E-state index contributed by atoms with van der Waals surface area (Å²) in [7, 11) is 0. The number of amides is 1. The van der Waals surface area contributed by atoms with E-state index < -0.39 is 0 Å². The summed E-state index contributed by atoms with van der Waals surface area (Å²) in [4.78, 5) is 11.2. The molecule has 96 valence electrons. The molecular weight excluding hydrogens is 236 g/mol. The number of aryl methyl sites for hydroxylation is 1. The monoisotopic (exact) mass is 256 g/mol. The molecule has 1 aromatic rings. The van der Waals surface area contributed by atoms with Gasteiger partial charge in [0.15, 0.2) is 0 Å². The van der Waals surface area contributed by atoms with Crippen LogP contribution in [0, 0.1) is 6.92 Å². The van der Waals surface area contributed by atoms with Crippen LogP contribution in [0.3, 0.4) is 0 Å². The van der Waals surface area contributed by atoms with E-state index in [-0.39, 0.29) is 18.3 Å². The predicted octanol–water partition coefficient (Wildman–Crippen LogP) is 1.99. The van der Waals surface area contributed by atoms with E-state index in [0.29, 0.717) is 25.4 Å². The molecule has 0 aromatic heterocycles. The van der Waals surface area contributed by atoms with Gasteiger partial charge < -0.3 is 11.1 Å². The van der Waals surface area contributed by atoms with Crippen molar-refractivity contribution in [1.29, 1.82) is 0 Å². The van der Waals surface area contributed by atoms with Crippen LogP contribution in [0.1, 0.15) is 30.4 Å². The molecule has 3 nitrogen and oxygen atoms in total. The molecule has 0 radical (unpaired) electrons.